The van der Waals surface area contributed by atoms with Gasteiger partial charge in [-0.1, -0.05) is 30.3 Å². The molecule has 0 aliphatic rings. The maximum absolute atomic E-state index is 3.76. The van der Waals surface area contributed by atoms with Crippen molar-refractivity contribution in [2.75, 3.05) is 14.1 Å². The van der Waals surface area contributed by atoms with Crippen LogP contribution < -0.4 is 0 Å². The predicted octanol–water partition coefficient (Wildman–Crippen LogP) is 2.90. The lowest BCUT2D eigenvalue weighted by Gasteiger charge is -2.12. The van der Waals surface area contributed by atoms with Crippen molar-refractivity contribution in [2.45, 2.75) is 13.0 Å². The van der Waals surface area contributed by atoms with Crippen LogP contribution in [0.3, 0.4) is 0 Å². The quantitative estimate of drug-likeness (QED) is 0.693. The van der Waals surface area contributed by atoms with Crippen LogP contribution in [-0.2, 0) is 13.0 Å². The average Bonchev–Trinajstić information content (AvgIpc) is 2.08. The second-order valence-electron chi connectivity index (χ2n) is 3.50. The van der Waals surface area contributed by atoms with Gasteiger partial charge in [0.15, 0.2) is 0 Å². The Morgan fingerprint density at radius 3 is 2.29 bits per heavy atom. The largest absolute Gasteiger partial charge is 0.305 e. The number of benzene rings is 1. The first-order valence-electron chi connectivity index (χ1n) is 4.56. The third-order valence-corrected chi connectivity index (χ3v) is 1.97. The fourth-order valence-corrected chi connectivity index (χ4v) is 1.41. The van der Waals surface area contributed by atoms with E-state index in [1.807, 2.05) is 6.08 Å². The highest BCUT2D eigenvalue weighted by molar-refractivity contribution is 5.85. The number of rotatable bonds is 4. The molecule has 0 radical (unpaired) electrons. The van der Waals surface area contributed by atoms with Gasteiger partial charge in [-0.05, 0) is 31.6 Å². The third kappa shape index (κ3) is 3.95. The number of hydrogen-bond donors (Lipinski definition) is 0. The summed E-state index contributed by atoms with van der Waals surface area (Å²) in [6.45, 7) is 4.77. The van der Waals surface area contributed by atoms with Crippen LogP contribution in [0.5, 0.6) is 0 Å². The Balaban J connectivity index is 0.00000169. The van der Waals surface area contributed by atoms with Gasteiger partial charge in [-0.3, -0.25) is 0 Å². The van der Waals surface area contributed by atoms with E-state index in [0.29, 0.717) is 0 Å². The van der Waals surface area contributed by atoms with Crippen LogP contribution in [0.15, 0.2) is 36.9 Å². The lowest BCUT2D eigenvalue weighted by atomic mass is 10.0. The van der Waals surface area contributed by atoms with Gasteiger partial charge in [-0.15, -0.1) is 19.0 Å². The Bertz CT molecular complexity index is 281. The number of nitrogens with zero attached hydrogens (tertiary/aromatic N) is 1. The summed E-state index contributed by atoms with van der Waals surface area (Å²) in [6, 6.07) is 8.52. The van der Waals surface area contributed by atoms with Crippen molar-refractivity contribution in [1.82, 2.24) is 4.90 Å². The maximum atomic E-state index is 3.76. The molecule has 2 heteroatoms. The van der Waals surface area contributed by atoms with E-state index in [4.69, 9.17) is 0 Å². The molecule has 0 aromatic heterocycles. The minimum Gasteiger partial charge on any atom is -0.305 e. The highest BCUT2D eigenvalue weighted by Crippen LogP contribution is 2.11. The Labute approximate surface area is 92.8 Å². The molecule has 0 fully saturated rings. The molecule has 0 atom stereocenters. The fraction of sp³-hybridized carbons (Fsp3) is 0.333. The van der Waals surface area contributed by atoms with Gasteiger partial charge < -0.3 is 4.90 Å². The molecule has 0 spiro atoms. The second-order valence-corrected chi connectivity index (χ2v) is 3.50. The van der Waals surface area contributed by atoms with Crippen molar-refractivity contribution in [1.29, 1.82) is 0 Å². The highest BCUT2D eigenvalue weighted by atomic mass is 35.5. The van der Waals surface area contributed by atoms with Crippen LogP contribution in [0, 0.1) is 0 Å². The molecule has 0 saturated carbocycles. The minimum atomic E-state index is 0. The standard InChI is InChI=1S/C12H17N.ClH/c1-4-7-11-8-5-6-9-12(11)10-13(2)3;/h4-6,8-9H,1,7,10H2,2-3H3;1H. The zero-order valence-electron chi connectivity index (χ0n) is 8.86. The topological polar surface area (TPSA) is 3.24 Å². The lowest BCUT2D eigenvalue weighted by molar-refractivity contribution is 0.401. The number of halogens is 1. The van der Waals surface area contributed by atoms with Crippen molar-refractivity contribution < 1.29 is 0 Å². The summed E-state index contributed by atoms with van der Waals surface area (Å²) < 4.78 is 0. The molecule has 78 valence electrons. The molecule has 0 N–H and O–H groups in total. The van der Waals surface area contributed by atoms with E-state index < -0.39 is 0 Å². The van der Waals surface area contributed by atoms with Crippen molar-refractivity contribution >= 4 is 12.4 Å². The molecule has 1 rings (SSSR count). The first-order chi connectivity index (χ1) is 6.24. The molecule has 0 bridgehead atoms. The summed E-state index contributed by atoms with van der Waals surface area (Å²) >= 11 is 0. The van der Waals surface area contributed by atoms with Crippen LogP contribution in [0.4, 0.5) is 0 Å². The summed E-state index contributed by atoms with van der Waals surface area (Å²) in [5.74, 6) is 0. The smallest absolute Gasteiger partial charge is 0.0230 e. The Kier molecular flexibility index (Phi) is 6.26. The Morgan fingerprint density at radius 1 is 1.21 bits per heavy atom. The summed E-state index contributed by atoms with van der Waals surface area (Å²) in [5.41, 5.74) is 2.78. The lowest BCUT2D eigenvalue weighted by Crippen LogP contribution is -2.12. The third-order valence-electron chi connectivity index (χ3n) is 1.97. The molecular formula is C12H18ClN. The zero-order valence-corrected chi connectivity index (χ0v) is 9.68. The van der Waals surface area contributed by atoms with E-state index in [-0.39, 0.29) is 12.4 Å². The monoisotopic (exact) mass is 211 g/mol. The highest BCUT2D eigenvalue weighted by Gasteiger charge is 2.00. The summed E-state index contributed by atoms with van der Waals surface area (Å²) in [5, 5.41) is 0. The molecule has 1 aromatic rings. The number of allylic oxidation sites excluding steroid dienone is 1. The van der Waals surface area contributed by atoms with Gasteiger partial charge >= 0.3 is 0 Å². The molecular weight excluding hydrogens is 194 g/mol. The molecule has 0 aliphatic carbocycles. The van der Waals surface area contributed by atoms with Gasteiger partial charge in [0.1, 0.15) is 0 Å². The first kappa shape index (κ1) is 13.2. The van der Waals surface area contributed by atoms with E-state index >= 15 is 0 Å². The predicted molar refractivity (Wildman–Crippen MR) is 65.0 cm³/mol. The van der Waals surface area contributed by atoms with Crippen molar-refractivity contribution in [3.8, 4) is 0 Å². The molecule has 0 amide bonds. The van der Waals surface area contributed by atoms with E-state index in [1.165, 1.54) is 11.1 Å². The normalized spacial score (nSPS) is 9.64. The zero-order chi connectivity index (χ0) is 9.68. The Morgan fingerprint density at radius 2 is 1.79 bits per heavy atom. The second kappa shape index (κ2) is 6.63. The van der Waals surface area contributed by atoms with Crippen LogP contribution in [-0.4, -0.2) is 19.0 Å². The summed E-state index contributed by atoms with van der Waals surface area (Å²) in [6.07, 6.45) is 2.92. The molecule has 1 nitrogen and oxygen atoms in total. The van der Waals surface area contributed by atoms with Crippen molar-refractivity contribution in [3.63, 3.8) is 0 Å². The van der Waals surface area contributed by atoms with Gasteiger partial charge in [0, 0.05) is 6.54 Å². The van der Waals surface area contributed by atoms with Gasteiger partial charge in [-0.2, -0.15) is 0 Å². The van der Waals surface area contributed by atoms with Crippen LogP contribution in [0.1, 0.15) is 11.1 Å². The van der Waals surface area contributed by atoms with Crippen molar-refractivity contribution in [3.05, 3.63) is 48.0 Å². The molecule has 0 unspecified atom stereocenters. The van der Waals surface area contributed by atoms with Crippen molar-refractivity contribution in [2.24, 2.45) is 0 Å². The van der Waals surface area contributed by atoms with E-state index in [0.717, 1.165) is 13.0 Å². The minimum absolute atomic E-state index is 0. The molecule has 14 heavy (non-hydrogen) atoms. The van der Waals surface area contributed by atoms with Gasteiger partial charge in [0.05, 0.1) is 0 Å². The average molecular weight is 212 g/mol. The molecule has 0 heterocycles. The van der Waals surface area contributed by atoms with Gasteiger partial charge in [0.2, 0.25) is 0 Å². The van der Waals surface area contributed by atoms with E-state index in [9.17, 15) is 0 Å². The van der Waals surface area contributed by atoms with Crippen LogP contribution in [0.25, 0.3) is 0 Å². The molecule has 1 aromatic carbocycles. The molecule has 0 aliphatic heterocycles. The van der Waals surface area contributed by atoms with E-state index in [1.54, 1.807) is 0 Å². The first-order valence-corrected chi connectivity index (χ1v) is 4.56. The Hall–Kier alpha value is -0.790. The van der Waals surface area contributed by atoms with Crippen LogP contribution in [0.2, 0.25) is 0 Å². The van der Waals surface area contributed by atoms with Crippen LogP contribution >= 0.6 is 12.4 Å². The maximum Gasteiger partial charge on any atom is 0.0230 e. The SMILES string of the molecule is C=CCc1ccccc1CN(C)C.Cl. The van der Waals surface area contributed by atoms with Gasteiger partial charge in [0.25, 0.3) is 0 Å². The van der Waals surface area contributed by atoms with Gasteiger partial charge in [-0.25, -0.2) is 0 Å². The summed E-state index contributed by atoms with van der Waals surface area (Å²) in [4.78, 5) is 2.18. The fourth-order valence-electron chi connectivity index (χ4n) is 1.41. The molecule has 0 saturated heterocycles. The summed E-state index contributed by atoms with van der Waals surface area (Å²) in [7, 11) is 4.18. The van der Waals surface area contributed by atoms with E-state index in [2.05, 4.69) is 49.8 Å². The number of hydrogen-bond acceptors (Lipinski definition) is 1.